The SMILES string of the molecule is CC(C)COC(=O)[C@H](C)NP(=O)(OC[C@H]1S[C@@H](n2cnc(N)nc2=O)C[C@@H]1O)Oc1cccc2ccccc12. The third-order valence-corrected chi connectivity index (χ3v) is 9.06. The first-order valence-corrected chi connectivity index (χ1v) is 14.9. The first-order chi connectivity index (χ1) is 18.5. The van der Waals surface area contributed by atoms with Crippen LogP contribution in [0.5, 0.6) is 5.75 Å². The number of aromatic nitrogens is 3. The second kappa shape index (κ2) is 12.5. The van der Waals surface area contributed by atoms with E-state index in [4.69, 9.17) is 19.5 Å². The van der Waals surface area contributed by atoms with Crippen molar-refractivity contribution in [1.82, 2.24) is 19.6 Å². The van der Waals surface area contributed by atoms with Crippen LogP contribution in [-0.2, 0) is 18.6 Å². The fourth-order valence-corrected chi connectivity index (χ4v) is 6.98. The standard InChI is InChI=1S/C25H32N5O7PS/c1-15(2)12-35-23(32)16(3)29-38(34,37-20-10-6-8-17-7-4-5-9-18(17)20)36-13-21-19(31)11-22(39-21)30-14-27-24(26)28-25(30)33/h4-10,14-16,19,21-22,31H,11-13H2,1-3H3,(H,29,34)(H2,26,28,33)/t16-,19-,21+,22+,38?/m0/s1. The summed E-state index contributed by atoms with van der Waals surface area (Å²) in [6.45, 7) is 5.33. The van der Waals surface area contributed by atoms with E-state index in [1.807, 2.05) is 44.2 Å². The Morgan fingerprint density at radius 1 is 1.26 bits per heavy atom. The van der Waals surface area contributed by atoms with Crippen LogP contribution in [0.3, 0.4) is 0 Å². The molecule has 4 rings (SSSR count). The van der Waals surface area contributed by atoms with Crippen molar-refractivity contribution in [3.05, 3.63) is 59.3 Å². The van der Waals surface area contributed by atoms with Gasteiger partial charge in [0.1, 0.15) is 18.1 Å². The van der Waals surface area contributed by atoms with Crippen LogP contribution < -0.4 is 21.0 Å². The maximum absolute atomic E-state index is 14.0. The number of carbonyl (C=O) groups excluding carboxylic acids is 1. The number of rotatable bonds is 11. The third kappa shape index (κ3) is 7.37. The van der Waals surface area contributed by atoms with Gasteiger partial charge in [-0.3, -0.25) is 13.9 Å². The van der Waals surface area contributed by atoms with Crippen LogP contribution in [0.1, 0.15) is 32.6 Å². The van der Waals surface area contributed by atoms with Gasteiger partial charge in [-0.2, -0.15) is 10.1 Å². The van der Waals surface area contributed by atoms with E-state index in [2.05, 4.69) is 15.1 Å². The monoisotopic (exact) mass is 577 g/mol. The highest BCUT2D eigenvalue weighted by atomic mass is 32.2. The Balaban J connectivity index is 1.52. The molecule has 1 aliphatic rings. The molecule has 1 saturated heterocycles. The molecule has 5 atom stereocenters. The zero-order chi connectivity index (χ0) is 28.2. The van der Waals surface area contributed by atoms with Gasteiger partial charge in [-0.05, 0) is 24.3 Å². The average Bonchev–Trinajstić information content (AvgIpc) is 3.26. The Labute approximate surface area is 229 Å². The molecular formula is C25H32N5O7PS. The summed E-state index contributed by atoms with van der Waals surface area (Å²) in [6, 6.07) is 11.7. The minimum Gasteiger partial charge on any atom is -0.464 e. The molecule has 210 valence electrons. The molecule has 0 spiro atoms. The number of ether oxygens (including phenoxy) is 1. The van der Waals surface area contributed by atoms with Crippen LogP contribution in [0.4, 0.5) is 5.95 Å². The van der Waals surface area contributed by atoms with E-state index in [0.717, 1.165) is 5.39 Å². The van der Waals surface area contributed by atoms with Crippen molar-refractivity contribution in [2.24, 2.45) is 5.92 Å². The Kier molecular flexibility index (Phi) is 9.29. The summed E-state index contributed by atoms with van der Waals surface area (Å²) in [5.74, 6) is -0.316. The molecule has 4 N–H and O–H groups in total. The number of benzene rings is 2. The van der Waals surface area contributed by atoms with Gasteiger partial charge in [0.2, 0.25) is 5.95 Å². The van der Waals surface area contributed by atoms with Crippen LogP contribution in [0.2, 0.25) is 0 Å². The van der Waals surface area contributed by atoms with Crippen LogP contribution >= 0.6 is 19.5 Å². The molecule has 2 aromatic carbocycles. The number of carbonyl (C=O) groups is 1. The summed E-state index contributed by atoms with van der Waals surface area (Å²) in [5.41, 5.74) is 4.88. The molecule has 2 heterocycles. The van der Waals surface area contributed by atoms with Gasteiger partial charge in [-0.25, -0.2) is 14.3 Å². The molecule has 39 heavy (non-hydrogen) atoms. The number of anilines is 1. The Hall–Kier alpha value is -2.96. The van der Waals surface area contributed by atoms with Crippen molar-refractivity contribution >= 4 is 42.2 Å². The number of nitrogen functional groups attached to an aromatic ring is 1. The van der Waals surface area contributed by atoms with Gasteiger partial charge in [-0.1, -0.05) is 50.2 Å². The van der Waals surface area contributed by atoms with Gasteiger partial charge in [0.25, 0.3) is 0 Å². The molecule has 1 aromatic heterocycles. The highest BCUT2D eigenvalue weighted by Crippen LogP contribution is 2.49. The zero-order valence-electron chi connectivity index (χ0n) is 21.8. The summed E-state index contributed by atoms with van der Waals surface area (Å²) in [5, 5.41) is 13.9. The predicted octanol–water partition coefficient (Wildman–Crippen LogP) is 3.12. The fourth-order valence-electron chi connectivity index (χ4n) is 3.92. The zero-order valence-corrected chi connectivity index (χ0v) is 23.5. The smallest absolute Gasteiger partial charge is 0.459 e. The first kappa shape index (κ1) is 29.0. The molecule has 1 fully saturated rings. The van der Waals surface area contributed by atoms with E-state index < -0.39 is 42.2 Å². The number of fused-ring (bicyclic) bond motifs is 1. The van der Waals surface area contributed by atoms with E-state index in [9.17, 15) is 19.3 Å². The van der Waals surface area contributed by atoms with Crippen molar-refractivity contribution in [3.63, 3.8) is 0 Å². The minimum atomic E-state index is -4.17. The van der Waals surface area contributed by atoms with Crippen LogP contribution in [0.25, 0.3) is 10.8 Å². The van der Waals surface area contributed by atoms with E-state index in [0.29, 0.717) is 11.1 Å². The summed E-state index contributed by atoms with van der Waals surface area (Å²) < 4.78 is 32.3. The van der Waals surface area contributed by atoms with Gasteiger partial charge in [0.15, 0.2) is 0 Å². The number of thioether (sulfide) groups is 1. The maximum Gasteiger partial charge on any atom is 0.459 e. The molecule has 0 bridgehead atoms. The van der Waals surface area contributed by atoms with Gasteiger partial charge < -0.3 is 20.1 Å². The third-order valence-electron chi connectivity index (χ3n) is 5.90. The molecule has 1 unspecified atom stereocenters. The number of nitrogens with two attached hydrogens (primary N) is 1. The molecule has 0 saturated carbocycles. The van der Waals surface area contributed by atoms with E-state index in [1.54, 1.807) is 12.1 Å². The van der Waals surface area contributed by atoms with E-state index >= 15 is 0 Å². The molecular weight excluding hydrogens is 545 g/mol. The molecule has 3 aromatic rings. The molecule has 14 heteroatoms. The lowest BCUT2D eigenvalue weighted by Crippen LogP contribution is -2.36. The van der Waals surface area contributed by atoms with Gasteiger partial charge in [-0.15, -0.1) is 11.8 Å². The Bertz CT molecular complexity index is 1420. The lowest BCUT2D eigenvalue weighted by atomic mass is 10.1. The van der Waals surface area contributed by atoms with Crippen LogP contribution in [0.15, 0.2) is 53.6 Å². The quantitative estimate of drug-likeness (QED) is 0.225. The molecule has 0 radical (unpaired) electrons. The number of esters is 1. The van der Waals surface area contributed by atoms with Gasteiger partial charge in [0.05, 0.1) is 29.9 Å². The van der Waals surface area contributed by atoms with Crippen LogP contribution in [0, 0.1) is 5.92 Å². The van der Waals surface area contributed by atoms with Crippen molar-refractivity contribution in [1.29, 1.82) is 0 Å². The van der Waals surface area contributed by atoms with E-state index in [-0.39, 0.29) is 31.5 Å². The number of aliphatic hydroxyl groups is 1. The highest BCUT2D eigenvalue weighted by Gasteiger charge is 2.39. The fraction of sp³-hybridized carbons (Fsp3) is 0.440. The lowest BCUT2D eigenvalue weighted by Gasteiger charge is -2.25. The van der Waals surface area contributed by atoms with Gasteiger partial charge in [0, 0.05) is 11.8 Å². The second-order valence-corrected chi connectivity index (χ2v) is 12.7. The molecule has 0 amide bonds. The second-order valence-electron chi connectivity index (χ2n) is 9.57. The highest BCUT2D eigenvalue weighted by molar-refractivity contribution is 8.00. The Morgan fingerprint density at radius 2 is 2.00 bits per heavy atom. The van der Waals surface area contributed by atoms with Crippen molar-refractivity contribution in [2.45, 2.75) is 50.0 Å². The summed E-state index contributed by atoms with van der Waals surface area (Å²) in [4.78, 5) is 32.3. The summed E-state index contributed by atoms with van der Waals surface area (Å²) in [6.07, 6.45) is 0.605. The first-order valence-electron chi connectivity index (χ1n) is 12.4. The Morgan fingerprint density at radius 3 is 2.74 bits per heavy atom. The van der Waals surface area contributed by atoms with Crippen molar-refractivity contribution < 1.29 is 28.3 Å². The number of nitrogens with one attached hydrogen (secondary N) is 1. The average molecular weight is 578 g/mol. The topological polar surface area (TPSA) is 168 Å². The number of nitrogens with zero attached hydrogens (tertiary/aromatic N) is 3. The largest absolute Gasteiger partial charge is 0.464 e. The number of hydrogen-bond donors (Lipinski definition) is 3. The van der Waals surface area contributed by atoms with Crippen molar-refractivity contribution in [2.75, 3.05) is 18.9 Å². The minimum absolute atomic E-state index is 0.129. The number of hydrogen-bond acceptors (Lipinski definition) is 11. The summed E-state index contributed by atoms with van der Waals surface area (Å²) >= 11 is 1.25. The number of aliphatic hydroxyl groups excluding tert-OH is 1. The van der Waals surface area contributed by atoms with Crippen LogP contribution in [-0.4, -0.2) is 56.2 Å². The van der Waals surface area contributed by atoms with Gasteiger partial charge >= 0.3 is 19.4 Å². The van der Waals surface area contributed by atoms with Crippen molar-refractivity contribution in [3.8, 4) is 5.75 Å². The predicted molar refractivity (Wildman–Crippen MR) is 148 cm³/mol. The van der Waals surface area contributed by atoms with E-state index in [1.165, 1.54) is 29.6 Å². The molecule has 12 nitrogen and oxygen atoms in total. The molecule has 0 aliphatic carbocycles. The maximum atomic E-state index is 14.0. The normalized spacial score (nSPS) is 21.5. The lowest BCUT2D eigenvalue weighted by molar-refractivity contribution is -0.146. The molecule has 1 aliphatic heterocycles. The summed E-state index contributed by atoms with van der Waals surface area (Å²) in [7, 11) is -4.17.